The van der Waals surface area contributed by atoms with Crippen LogP contribution in [0.3, 0.4) is 0 Å². The van der Waals surface area contributed by atoms with Crippen LogP contribution in [-0.4, -0.2) is 25.2 Å². The van der Waals surface area contributed by atoms with Crippen molar-refractivity contribution >= 4 is 11.9 Å². The van der Waals surface area contributed by atoms with Gasteiger partial charge < -0.3 is 9.47 Å². The first-order valence-corrected chi connectivity index (χ1v) is 8.10. The third-order valence-electron chi connectivity index (χ3n) is 3.42. The molecule has 0 unspecified atom stereocenters. The van der Waals surface area contributed by atoms with E-state index in [4.69, 9.17) is 9.47 Å². The number of esters is 2. The van der Waals surface area contributed by atoms with E-state index < -0.39 is 5.41 Å². The van der Waals surface area contributed by atoms with E-state index in [2.05, 4.69) is 27.7 Å². The summed E-state index contributed by atoms with van der Waals surface area (Å²) in [6.07, 6.45) is 2.25. The predicted octanol–water partition coefficient (Wildman–Crippen LogP) is 3.97. The average molecular weight is 300 g/mol. The van der Waals surface area contributed by atoms with Gasteiger partial charge in [0.05, 0.1) is 18.6 Å². The highest BCUT2D eigenvalue weighted by molar-refractivity contribution is 5.78. The van der Waals surface area contributed by atoms with Crippen molar-refractivity contribution in [2.45, 2.75) is 67.2 Å². The molecule has 0 heterocycles. The lowest BCUT2D eigenvalue weighted by Gasteiger charge is -2.34. The maximum absolute atomic E-state index is 12.5. The second-order valence-corrected chi connectivity index (χ2v) is 6.50. The second kappa shape index (κ2) is 9.80. The molecule has 0 atom stereocenters. The Labute approximate surface area is 129 Å². The smallest absolute Gasteiger partial charge is 0.312 e. The minimum absolute atomic E-state index is 0.170. The van der Waals surface area contributed by atoms with Crippen molar-refractivity contribution in [3.05, 3.63) is 0 Å². The van der Waals surface area contributed by atoms with Crippen molar-refractivity contribution in [2.75, 3.05) is 13.2 Å². The molecule has 0 N–H and O–H groups in total. The number of hydrogen-bond acceptors (Lipinski definition) is 4. The molecule has 0 spiro atoms. The zero-order valence-electron chi connectivity index (χ0n) is 14.5. The van der Waals surface area contributed by atoms with Gasteiger partial charge in [0.1, 0.15) is 0 Å². The molecule has 0 aliphatic heterocycles. The number of carbonyl (C=O) groups excluding carboxylic acids is 2. The molecule has 0 aromatic carbocycles. The lowest BCUT2D eigenvalue weighted by molar-refractivity contribution is -0.159. The van der Waals surface area contributed by atoms with Crippen LogP contribution in [0.1, 0.15) is 67.2 Å². The van der Waals surface area contributed by atoms with Gasteiger partial charge in [0.15, 0.2) is 0 Å². The Balaban J connectivity index is 5.14. The summed E-state index contributed by atoms with van der Waals surface area (Å²) in [5.41, 5.74) is -0.578. The molecular weight excluding hydrogens is 268 g/mol. The Hall–Kier alpha value is -1.06. The molecule has 124 valence electrons. The first kappa shape index (κ1) is 19.9. The molecule has 0 rings (SSSR count). The molecule has 0 aromatic rings. The van der Waals surface area contributed by atoms with Crippen LogP contribution < -0.4 is 0 Å². The van der Waals surface area contributed by atoms with Crippen LogP contribution in [0.2, 0.25) is 0 Å². The molecule has 0 amide bonds. The normalized spacial score (nSPS) is 11.8. The first-order chi connectivity index (χ1) is 9.77. The summed E-state index contributed by atoms with van der Waals surface area (Å²) in [5, 5.41) is 0. The van der Waals surface area contributed by atoms with Gasteiger partial charge in [0.25, 0.3) is 0 Å². The number of carbonyl (C=O) groups is 2. The zero-order valence-corrected chi connectivity index (χ0v) is 14.5. The van der Waals surface area contributed by atoms with Crippen molar-refractivity contribution in [3.63, 3.8) is 0 Å². The van der Waals surface area contributed by atoms with E-state index in [0.29, 0.717) is 31.5 Å². The highest BCUT2D eigenvalue weighted by Gasteiger charge is 2.41. The SMILES string of the molecule is CCOC(=O)CCC(CC(C)C)(CC(C)C)C(=O)OCC. The molecule has 0 aliphatic carbocycles. The fraction of sp³-hybridized carbons (Fsp3) is 0.882. The lowest BCUT2D eigenvalue weighted by atomic mass is 9.71. The van der Waals surface area contributed by atoms with E-state index in [1.807, 2.05) is 6.92 Å². The summed E-state index contributed by atoms with van der Waals surface area (Å²) in [5.74, 6) is 0.334. The van der Waals surface area contributed by atoms with Gasteiger partial charge in [0.2, 0.25) is 0 Å². The van der Waals surface area contributed by atoms with Crippen molar-refractivity contribution in [2.24, 2.45) is 17.3 Å². The Bertz CT molecular complexity index is 311. The van der Waals surface area contributed by atoms with Gasteiger partial charge in [-0.2, -0.15) is 0 Å². The predicted molar refractivity (Wildman–Crippen MR) is 83.8 cm³/mol. The van der Waals surface area contributed by atoms with Crippen molar-refractivity contribution in [3.8, 4) is 0 Å². The van der Waals surface area contributed by atoms with E-state index in [-0.39, 0.29) is 18.4 Å². The summed E-state index contributed by atoms with van der Waals surface area (Å²) in [6.45, 7) is 12.7. The van der Waals surface area contributed by atoms with Crippen LogP contribution >= 0.6 is 0 Å². The maximum atomic E-state index is 12.5. The van der Waals surface area contributed by atoms with Crippen molar-refractivity contribution in [1.82, 2.24) is 0 Å². The molecular formula is C17H32O4. The Morgan fingerprint density at radius 3 is 1.76 bits per heavy atom. The minimum atomic E-state index is -0.578. The third-order valence-corrected chi connectivity index (χ3v) is 3.42. The zero-order chi connectivity index (χ0) is 16.5. The van der Waals surface area contributed by atoms with Gasteiger partial charge in [-0.1, -0.05) is 27.7 Å². The topological polar surface area (TPSA) is 52.6 Å². The van der Waals surface area contributed by atoms with Crippen LogP contribution in [0.5, 0.6) is 0 Å². The fourth-order valence-electron chi connectivity index (χ4n) is 2.98. The van der Waals surface area contributed by atoms with Crippen LogP contribution in [0.15, 0.2) is 0 Å². The fourth-order valence-corrected chi connectivity index (χ4v) is 2.98. The summed E-state index contributed by atoms with van der Waals surface area (Å²) in [7, 11) is 0. The molecule has 0 saturated carbocycles. The monoisotopic (exact) mass is 300 g/mol. The summed E-state index contributed by atoms with van der Waals surface area (Å²) >= 11 is 0. The van der Waals surface area contributed by atoms with Crippen LogP contribution in [-0.2, 0) is 19.1 Å². The van der Waals surface area contributed by atoms with E-state index in [1.165, 1.54) is 0 Å². The largest absolute Gasteiger partial charge is 0.466 e. The van der Waals surface area contributed by atoms with Gasteiger partial charge in [-0.3, -0.25) is 9.59 Å². The van der Waals surface area contributed by atoms with E-state index in [0.717, 1.165) is 12.8 Å². The molecule has 0 fully saturated rings. The Morgan fingerprint density at radius 1 is 0.905 bits per heavy atom. The van der Waals surface area contributed by atoms with Gasteiger partial charge >= 0.3 is 11.9 Å². The van der Waals surface area contributed by atoms with Crippen molar-refractivity contribution < 1.29 is 19.1 Å². The summed E-state index contributed by atoms with van der Waals surface area (Å²) in [4.78, 5) is 24.2. The Morgan fingerprint density at radius 2 is 1.38 bits per heavy atom. The van der Waals surface area contributed by atoms with Crippen LogP contribution in [0.25, 0.3) is 0 Å². The highest BCUT2D eigenvalue weighted by atomic mass is 16.5. The molecule has 21 heavy (non-hydrogen) atoms. The summed E-state index contributed by atoms with van der Waals surface area (Å²) in [6, 6.07) is 0. The lowest BCUT2D eigenvalue weighted by Crippen LogP contribution is -2.36. The summed E-state index contributed by atoms with van der Waals surface area (Å²) < 4.78 is 10.3. The van der Waals surface area contributed by atoms with Crippen LogP contribution in [0, 0.1) is 17.3 Å². The minimum Gasteiger partial charge on any atom is -0.466 e. The highest BCUT2D eigenvalue weighted by Crippen LogP contribution is 2.39. The van der Waals surface area contributed by atoms with Crippen molar-refractivity contribution in [1.29, 1.82) is 0 Å². The quantitative estimate of drug-likeness (QED) is 0.573. The van der Waals surface area contributed by atoms with Crippen LogP contribution in [0.4, 0.5) is 0 Å². The maximum Gasteiger partial charge on any atom is 0.312 e. The molecule has 0 radical (unpaired) electrons. The van der Waals surface area contributed by atoms with Gasteiger partial charge in [0, 0.05) is 6.42 Å². The number of rotatable bonds is 10. The molecule has 0 saturated heterocycles. The van der Waals surface area contributed by atoms with Gasteiger partial charge in [-0.15, -0.1) is 0 Å². The molecule has 0 aromatic heterocycles. The molecule has 4 nitrogen and oxygen atoms in total. The Kier molecular flexibility index (Phi) is 9.31. The van der Waals surface area contributed by atoms with E-state index in [9.17, 15) is 9.59 Å². The number of hydrogen-bond donors (Lipinski definition) is 0. The van der Waals surface area contributed by atoms with Gasteiger partial charge in [-0.05, 0) is 44.9 Å². The molecule has 4 heteroatoms. The van der Waals surface area contributed by atoms with Gasteiger partial charge in [-0.25, -0.2) is 0 Å². The molecule has 0 aliphatic rings. The number of ether oxygens (including phenoxy) is 2. The first-order valence-electron chi connectivity index (χ1n) is 8.10. The third kappa shape index (κ3) is 7.49. The van der Waals surface area contributed by atoms with E-state index >= 15 is 0 Å². The standard InChI is InChI=1S/C17H32O4/c1-7-20-15(18)9-10-17(11-13(3)4,12-14(5)6)16(19)21-8-2/h13-14H,7-12H2,1-6H3. The molecule has 0 bridgehead atoms. The van der Waals surface area contributed by atoms with E-state index in [1.54, 1.807) is 6.92 Å². The second-order valence-electron chi connectivity index (χ2n) is 6.50. The average Bonchev–Trinajstić information content (AvgIpc) is 2.35.